The molecular formula is C14H23N3S2. The van der Waals surface area contributed by atoms with Crippen LogP contribution in [0, 0.1) is 13.8 Å². The number of thioether (sulfide) groups is 1. The summed E-state index contributed by atoms with van der Waals surface area (Å²) >= 11 is 7.04. The number of anilines is 1. The average molecular weight is 297 g/mol. The molecule has 0 spiro atoms. The van der Waals surface area contributed by atoms with E-state index in [1.54, 1.807) is 0 Å². The van der Waals surface area contributed by atoms with Crippen molar-refractivity contribution in [3.05, 3.63) is 22.9 Å². The van der Waals surface area contributed by atoms with Gasteiger partial charge in [-0.2, -0.15) is 11.8 Å². The second-order valence-corrected chi connectivity index (χ2v) is 6.31. The Bertz CT molecular complexity index is 460. The van der Waals surface area contributed by atoms with Crippen LogP contribution in [0.4, 0.5) is 5.82 Å². The largest absolute Gasteiger partial charge is 0.389 e. The van der Waals surface area contributed by atoms with Crippen LogP contribution >= 0.6 is 24.0 Å². The molecule has 0 aromatic carbocycles. The van der Waals surface area contributed by atoms with Crippen LogP contribution in [0.25, 0.3) is 0 Å². The number of hydrogen-bond acceptors (Lipinski definition) is 4. The molecule has 0 bridgehead atoms. The first-order chi connectivity index (χ1) is 8.88. The van der Waals surface area contributed by atoms with Gasteiger partial charge in [0.2, 0.25) is 0 Å². The molecule has 1 atom stereocenters. The van der Waals surface area contributed by atoms with Gasteiger partial charge in [-0.05, 0) is 50.8 Å². The van der Waals surface area contributed by atoms with Gasteiger partial charge >= 0.3 is 0 Å². The highest BCUT2D eigenvalue weighted by Crippen LogP contribution is 2.24. The van der Waals surface area contributed by atoms with Crippen molar-refractivity contribution in [3.63, 3.8) is 0 Å². The van der Waals surface area contributed by atoms with Crippen LogP contribution in [0.2, 0.25) is 0 Å². The molecule has 2 N–H and O–H groups in total. The molecule has 0 saturated heterocycles. The number of hydrogen-bond donors (Lipinski definition) is 1. The number of nitrogens with zero attached hydrogens (tertiary/aromatic N) is 2. The summed E-state index contributed by atoms with van der Waals surface area (Å²) < 4.78 is 0. The van der Waals surface area contributed by atoms with E-state index in [1.807, 2.05) is 31.7 Å². The van der Waals surface area contributed by atoms with Crippen molar-refractivity contribution in [2.24, 2.45) is 5.73 Å². The van der Waals surface area contributed by atoms with E-state index >= 15 is 0 Å². The first-order valence-corrected chi connectivity index (χ1v) is 8.18. The molecular weight excluding hydrogens is 274 g/mol. The monoisotopic (exact) mass is 297 g/mol. The van der Waals surface area contributed by atoms with E-state index in [4.69, 9.17) is 18.0 Å². The van der Waals surface area contributed by atoms with Crippen LogP contribution in [0.3, 0.4) is 0 Å². The normalized spacial score (nSPS) is 12.3. The Morgan fingerprint density at radius 2 is 2.16 bits per heavy atom. The molecule has 0 fully saturated rings. The molecule has 5 heteroatoms. The van der Waals surface area contributed by atoms with Crippen molar-refractivity contribution in [1.82, 2.24) is 4.98 Å². The smallest absolute Gasteiger partial charge is 0.139 e. The minimum Gasteiger partial charge on any atom is -0.389 e. The van der Waals surface area contributed by atoms with Crippen LogP contribution in [0.15, 0.2) is 6.07 Å². The summed E-state index contributed by atoms with van der Waals surface area (Å²) in [4.78, 5) is 7.24. The van der Waals surface area contributed by atoms with Gasteiger partial charge in [-0.3, -0.25) is 0 Å². The van der Waals surface area contributed by atoms with Gasteiger partial charge in [0.05, 0.1) is 5.56 Å². The van der Waals surface area contributed by atoms with Gasteiger partial charge in [-0.15, -0.1) is 0 Å². The van der Waals surface area contributed by atoms with Gasteiger partial charge < -0.3 is 10.6 Å². The molecule has 1 heterocycles. The minimum absolute atomic E-state index is 0.411. The second kappa shape index (κ2) is 7.10. The molecule has 1 rings (SSSR count). The Morgan fingerprint density at radius 3 is 2.68 bits per heavy atom. The lowest BCUT2D eigenvalue weighted by Gasteiger charge is -2.28. The fourth-order valence-electron chi connectivity index (χ4n) is 2.07. The molecule has 0 radical (unpaired) electrons. The van der Waals surface area contributed by atoms with E-state index in [-0.39, 0.29) is 0 Å². The zero-order chi connectivity index (χ0) is 14.6. The van der Waals surface area contributed by atoms with Gasteiger partial charge in [0.15, 0.2) is 0 Å². The predicted molar refractivity (Wildman–Crippen MR) is 90.5 cm³/mol. The third-order valence-electron chi connectivity index (χ3n) is 3.31. The van der Waals surface area contributed by atoms with E-state index in [0.29, 0.717) is 11.0 Å². The summed E-state index contributed by atoms with van der Waals surface area (Å²) in [6.07, 6.45) is 3.24. The highest BCUT2D eigenvalue weighted by atomic mass is 32.2. The fourth-order valence-corrected chi connectivity index (χ4v) is 2.90. The van der Waals surface area contributed by atoms with Gasteiger partial charge in [0, 0.05) is 18.8 Å². The number of pyridine rings is 1. The number of nitrogens with two attached hydrogens (primary N) is 1. The Hall–Kier alpha value is -0.810. The zero-order valence-electron chi connectivity index (χ0n) is 12.4. The van der Waals surface area contributed by atoms with Gasteiger partial charge in [0.1, 0.15) is 10.8 Å². The highest BCUT2D eigenvalue weighted by Gasteiger charge is 2.18. The van der Waals surface area contributed by atoms with Crippen LogP contribution < -0.4 is 10.6 Å². The molecule has 19 heavy (non-hydrogen) atoms. The molecule has 0 saturated carbocycles. The summed E-state index contributed by atoms with van der Waals surface area (Å²) in [7, 11) is 2.06. The van der Waals surface area contributed by atoms with E-state index in [2.05, 4.69) is 30.1 Å². The van der Waals surface area contributed by atoms with E-state index in [1.165, 1.54) is 0 Å². The van der Waals surface area contributed by atoms with E-state index in [0.717, 1.165) is 34.8 Å². The maximum atomic E-state index is 5.86. The summed E-state index contributed by atoms with van der Waals surface area (Å²) in [5.41, 5.74) is 8.86. The first kappa shape index (κ1) is 16.2. The van der Waals surface area contributed by atoms with E-state index < -0.39 is 0 Å². The van der Waals surface area contributed by atoms with Crippen LogP contribution in [0.1, 0.15) is 30.2 Å². The zero-order valence-corrected chi connectivity index (χ0v) is 14.0. The van der Waals surface area contributed by atoms with Crippen LogP contribution in [0.5, 0.6) is 0 Å². The summed E-state index contributed by atoms with van der Waals surface area (Å²) in [5.74, 6) is 2.04. The maximum Gasteiger partial charge on any atom is 0.139 e. The van der Waals surface area contributed by atoms with Crippen molar-refractivity contribution in [2.45, 2.75) is 33.2 Å². The molecule has 0 amide bonds. The lowest BCUT2D eigenvalue weighted by atomic mass is 10.1. The lowest BCUT2D eigenvalue weighted by molar-refractivity contribution is 0.660. The van der Waals surface area contributed by atoms with Crippen molar-refractivity contribution in [2.75, 3.05) is 24.0 Å². The fraction of sp³-hybridized carbons (Fsp3) is 0.571. The number of aryl methyl sites for hydroxylation is 2. The third kappa shape index (κ3) is 4.08. The molecule has 3 nitrogen and oxygen atoms in total. The molecule has 106 valence electrons. The van der Waals surface area contributed by atoms with Crippen molar-refractivity contribution in [3.8, 4) is 0 Å². The molecule has 0 aliphatic rings. The predicted octanol–water partition coefficient (Wildman–Crippen LogP) is 2.91. The quantitative estimate of drug-likeness (QED) is 0.818. The van der Waals surface area contributed by atoms with Crippen LogP contribution in [-0.2, 0) is 0 Å². The third-order valence-corrected chi connectivity index (χ3v) is 4.16. The number of aromatic nitrogens is 1. The van der Waals surface area contributed by atoms with Crippen molar-refractivity contribution < 1.29 is 0 Å². The molecule has 1 aromatic rings. The van der Waals surface area contributed by atoms with Gasteiger partial charge in [-0.1, -0.05) is 12.2 Å². The molecule has 1 unspecified atom stereocenters. The lowest BCUT2D eigenvalue weighted by Crippen LogP contribution is -2.32. The van der Waals surface area contributed by atoms with Crippen molar-refractivity contribution >= 4 is 34.8 Å². The molecule has 0 aliphatic carbocycles. The highest BCUT2D eigenvalue weighted by molar-refractivity contribution is 7.98. The first-order valence-electron chi connectivity index (χ1n) is 6.38. The summed E-state index contributed by atoms with van der Waals surface area (Å²) in [6.45, 7) is 6.24. The Kier molecular flexibility index (Phi) is 6.07. The Labute approximate surface area is 126 Å². The number of rotatable bonds is 6. The second-order valence-electron chi connectivity index (χ2n) is 4.88. The van der Waals surface area contributed by atoms with Crippen LogP contribution in [-0.4, -0.2) is 35.1 Å². The molecule has 0 aliphatic heterocycles. The molecule has 1 aromatic heterocycles. The summed E-state index contributed by atoms with van der Waals surface area (Å²) in [6, 6.07) is 2.44. The van der Waals surface area contributed by atoms with Gasteiger partial charge in [-0.25, -0.2) is 4.98 Å². The number of thiocarbonyl (C=S) groups is 1. The maximum absolute atomic E-state index is 5.86. The minimum atomic E-state index is 0.411. The van der Waals surface area contributed by atoms with Gasteiger partial charge in [0.25, 0.3) is 0 Å². The standard InChI is InChI=1S/C14H23N3S2/c1-9-8-10(2)16-14(12(9)13(15)18)17(4)11(3)6-7-19-5/h8,11H,6-7H2,1-5H3,(H2,15,18). The topological polar surface area (TPSA) is 42.2 Å². The van der Waals surface area contributed by atoms with E-state index in [9.17, 15) is 0 Å². The SMILES string of the molecule is CSCCC(C)N(C)c1nc(C)cc(C)c1C(N)=S. The van der Waals surface area contributed by atoms with Crippen molar-refractivity contribution in [1.29, 1.82) is 0 Å². The Balaban J connectivity index is 3.14. The average Bonchev–Trinajstić information content (AvgIpc) is 2.33. The Morgan fingerprint density at radius 1 is 1.53 bits per heavy atom. The summed E-state index contributed by atoms with van der Waals surface area (Å²) in [5, 5.41) is 0.